The number of hydrogen-bond acceptors (Lipinski definition) is 2. The Balaban J connectivity index is 2.31. The molecule has 1 aromatic rings. The molecule has 0 heterocycles. The minimum Gasteiger partial charge on any atom is -0.481 e. The summed E-state index contributed by atoms with van der Waals surface area (Å²) in [5.41, 5.74) is 0.651. The molecule has 0 aliphatic heterocycles. The number of halogens is 1. The summed E-state index contributed by atoms with van der Waals surface area (Å²) in [6, 6.07) is 7.31. The molecule has 1 aromatic carbocycles. The molecule has 0 saturated carbocycles. The van der Waals surface area contributed by atoms with Crippen LogP contribution >= 0.6 is 22.6 Å². The van der Waals surface area contributed by atoms with Crippen molar-refractivity contribution in [1.29, 1.82) is 0 Å². The van der Waals surface area contributed by atoms with Crippen LogP contribution in [0.5, 0.6) is 0 Å². The van der Waals surface area contributed by atoms with E-state index < -0.39 is 5.97 Å². The van der Waals surface area contributed by atoms with E-state index in [1.807, 2.05) is 38.1 Å². The number of amides is 2. The Labute approximate surface area is 138 Å². The van der Waals surface area contributed by atoms with Gasteiger partial charge in [0.15, 0.2) is 0 Å². The molecular weight excluding hydrogens is 383 g/mol. The number of urea groups is 1. The average molecular weight is 404 g/mol. The first-order valence-corrected chi connectivity index (χ1v) is 7.89. The lowest BCUT2D eigenvalue weighted by Crippen LogP contribution is -2.32. The smallest absolute Gasteiger partial charge is 0.319 e. The minimum atomic E-state index is -0.785. The van der Waals surface area contributed by atoms with Crippen LogP contribution in [0.25, 0.3) is 0 Å². The lowest BCUT2D eigenvalue weighted by molar-refractivity contribution is -0.137. The van der Waals surface area contributed by atoms with E-state index >= 15 is 0 Å². The third-order valence-electron chi connectivity index (χ3n) is 3.19. The summed E-state index contributed by atoms with van der Waals surface area (Å²) in [4.78, 5) is 22.3. The number of benzene rings is 1. The number of carboxylic acid groups (broad SMARTS) is 1. The van der Waals surface area contributed by atoms with E-state index in [0.717, 1.165) is 15.7 Å². The van der Waals surface area contributed by atoms with Gasteiger partial charge in [0.1, 0.15) is 0 Å². The van der Waals surface area contributed by atoms with Gasteiger partial charge >= 0.3 is 12.0 Å². The molecule has 0 unspecified atom stereocenters. The molecular formula is C15H21IN2O3. The van der Waals surface area contributed by atoms with Gasteiger partial charge in [0.25, 0.3) is 0 Å². The van der Waals surface area contributed by atoms with E-state index in [4.69, 9.17) is 5.11 Å². The molecule has 0 fully saturated rings. The molecule has 3 N–H and O–H groups in total. The molecule has 116 valence electrons. The lowest BCUT2D eigenvalue weighted by atomic mass is 9.84. The molecule has 0 aliphatic carbocycles. The van der Waals surface area contributed by atoms with E-state index in [9.17, 15) is 9.59 Å². The van der Waals surface area contributed by atoms with Gasteiger partial charge in [-0.2, -0.15) is 0 Å². The van der Waals surface area contributed by atoms with Gasteiger partial charge < -0.3 is 15.7 Å². The second kappa shape index (κ2) is 8.21. The monoisotopic (exact) mass is 404 g/mol. The quantitative estimate of drug-likeness (QED) is 0.607. The highest BCUT2D eigenvalue weighted by Crippen LogP contribution is 2.26. The number of anilines is 1. The standard InChI is InChI=1S/C15H21IN2O3/c1-15(2,7-6-13(19)20)8-9-17-14(21)18-12-5-3-4-11(16)10-12/h3-5,10H,6-9H2,1-2H3,(H,19,20)(H2,17,18,21). The number of hydrogen-bond donors (Lipinski definition) is 3. The fraction of sp³-hybridized carbons (Fsp3) is 0.467. The highest BCUT2D eigenvalue weighted by atomic mass is 127. The van der Waals surface area contributed by atoms with E-state index in [2.05, 4.69) is 33.2 Å². The third-order valence-corrected chi connectivity index (χ3v) is 3.86. The van der Waals surface area contributed by atoms with E-state index in [0.29, 0.717) is 13.0 Å². The number of carbonyl (C=O) groups excluding carboxylic acids is 1. The summed E-state index contributed by atoms with van der Waals surface area (Å²) in [5.74, 6) is -0.785. The Morgan fingerprint density at radius 1 is 1.29 bits per heavy atom. The largest absolute Gasteiger partial charge is 0.481 e. The molecule has 1 rings (SSSR count). The maximum absolute atomic E-state index is 11.8. The summed E-state index contributed by atoms with van der Waals surface area (Å²) in [6.45, 7) is 4.53. The Bertz CT molecular complexity index is 503. The molecule has 0 saturated heterocycles. The summed E-state index contributed by atoms with van der Waals surface area (Å²) >= 11 is 2.19. The van der Waals surface area contributed by atoms with Crippen molar-refractivity contribution >= 4 is 40.3 Å². The van der Waals surface area contributed by atoms with Gasteiger partial charge in [-0.05, 0) is 59.0 Å². The van der Waals surface area contributed by atoms with E-state index in [1.165, 1.54) is 0 Å². The van der Waals surface area contributed by atoms with Crippen molar-refractivity contribution < 1.29 is 14.7 Å². The molecule has 5 nitrogen and oxygen atoms in total. The number of aliphatic carboxylic acids is 1. The van der Waals surface area contributed by atoms with Gasteiger partial charge in [0, 0.05) is 22.2 Å². The fourth-order valence-electron chi connectivity index (χ4n) is 1.83. The van der Waals surface area contributed by atoms with Crippen LogP contribution in [0.2, 0.25) is 0 Å². The third kappa shape index (κ3) is 7.89. The number of carboxylic acids is 1. The maximum atomic E-state index is 11.8. The zero-order chi connectivity index (χ0) is 15.9. The highest BCUT2D eigenvalue weighted by molar-refractivity contribution is 14.1. The van der Waals surface area contributed by atoms with E-state index in [1.54, 1.807) is 0 Å². The Morgan fingerprint density at radius 2 is 2.00 bits per heavy atom. The Morgan fingerprint density at radius 3 is 2.62 bits per heavy atom. The van der Waals surface area contributed by atoms with Crippen LogP contribution in [0.1, 0.15) is 33.1 Å². The molecule has 2 amide bonds. The van der Waals surface area contributed by atoms with Crippen LogP contribution in [-0.2, 0) is 4.79 Å². The molecule has 0 radical (unpaired) electrons. The van der Waals surface area contributed by atoms with Crippen molar-refractivity contribution in [3.8, 4) is 0 Å². The van der Waals surface area contributed by atoms with Gasteiger partial charge in [0.2, 0.25) is 0 Å². The Hall–Kier alpha value is -1.31. The van der Waals surface area contributed by atoms with Crippen molar-refractivity contribution in [2.45, 2.75) is 33.1 Å². The molecule has 21 heavy (non-hydrogen) atoms. The molecule has 0 aromatic heterocycles. The van der Waals surface area contributed by atoms with Crippen molar-refractivity contribution in [2.75, 3.05) is 11.9 Å². The minimum absolute atomic E-state index is 0.103. The highest BCUT2D eigenvalue weighted by Gasteiger charge is 2.19. The second-order valence-electron chi connectivity index (χ2n) is 5.70. The summed E-state index contributed by atoms with van der Waals surface area (Å²) in [6.07, 6.45) is 1.49. The second-order valence-corrected chi connectivity index (χ2v) is 6.94. The van der Waals surface area contributed by atoms with Crippen molar-refractivity contribution in [2.24, 2.45) is 5.41 Å². The van der Waals surface area contributed by atoms with Gasteiger partial charge in [-0.25, -0.2) is 4.79 Å². The normalized spacial score (nSPS) is 11.0. The summed E-state index contributed by atoms with van der Waals surface area (Å²) in [7, 11) is 0. The van der Waals surface area contributed by atoms with Gasteiger partial charge in [-0.3, -0.25) is 4.79 Å². The van der Waals surface area contributed by atoms with Crippen LogP contribution in [0.3, 0.4) is 0 Å². The van der Waals surface area contributed by atoms with E-state index in [-0.39, 0.29) is 17.9 Å². The Kier molecular flexibility index (Phi) is 6.94. The zero-order valence-corrected chi connectivity index (χ0v) is 14.4. The van der Waals surface area contributed by atoms with Crippen LogP contribution in [0.4, 0.5) is 10.5 Å². The van der Waals surface area contributed by atoms with Gasteiger partial charge in [-0.15, -0.1) is 0 Å². The molecule has 0 bridgehead atoms. The van der Waals surface area contributed by atoms with Crippen LogP contribution < -0.4 is 10.6 Å². The number of rotatable bonds is 7. The summed E-state index contributed by atoms with van der Waals surface area (Å²) in [5, 5.41) is 14.3. The first kappa shape index (κ1) is 17.7. The average Bonchev–Trinajstić information content (AvgIpc) is 2.36. The first-order chi connectivity index (χ1) is 9.78. The number of nitrogens with one attached hydrogen (secondary N) is 2. The van der Waals surface area contributed by atoms with Crippen molar-refractivity contribution in [3.05, 3.63) is 27.8 Å². The number of carbonyl (C=O) groups is 2. The van der Waals surface area contributed by atoms with Crippen LogP contribution in [0, 0.1) is 8.99 Å². The van der Waals surface area contributed by atoms with Crippen molar-refractivity contribution in [3.63, 3.8) is 0 Å². The fourth-order valence-corrected chi connectivity index (χ4v) is 2.37. The van der Waals surface area contributed by atoms with Gasteiger partial charge in [-0.1, -0.05) is 19.9 Å². The van der Waals surface area contributed by atoms with Gasteiger partial charge in [0.05, 0.1) is 0 Å². The molecule has 6 heteroatoms. The zero-order valence-electron chi connectivity index (χ0n) is 12.3. The van der Waals surface area contributed by atoms with Crippen LogP contribution in [-0.4, -0.2) is 23.7 Å². The summed E-state index contributed by atoms with van der Waals surface area (Å²) < 4.78 is 1.06. The topological polar surface area (TPSA) is 78.4 Å². The lowest BCUT2D eigenvalue weighted by Gasteiger charge is -2.23. The van der Waals surface area contributed by atoms with Crippen molar-refractivity contribution in [1.82, 2.24) is 5.32 Å². The molecule has 0 spiro atoms. The maximum Gasteiger partial charge on any atom is 0.319 e. The predicted molar refractivity (Wildman–Crippen MR) is 91.4 cm³/mol. The molecule has 0 atom stereocenters. The predicted octanol–water partition coefficient (Wildman–Crippen LogP) is 3.69. The van der Waals surface area contributed by atoms with Crippen LogP contribution in [0.15, 0.2) is 24.3 Å². The first-order valence-electron chi connectivity index (χ1n) is 6.81. The SMILES string of the molecule is CC(C)(CCNC(=O)Nc1cccc(I)c1)CCC(=O)O. The molecule has 0 aliphatic rings.